The summed E-state index contributed by atoms with van der Waals surface area (Å²) in [5, 5.41) is 4.76. The van der Waals surface area contributed by atoms with Crippen LogP contribution in [-0.4, -0.2) is 48.8 Å². The number of hydrogen-bond acceptors (Lipinski definition) is 6. The molecule has 40 heavy (non-hydrogen) atoms. The summed E-state index contributed by atoms with van der Waals surface area (Å²) in [5.74, 6) is 1.89. The normalized spacial score (nSPS) is 16.6. The van der Waals surface area contributed by atoms with E-state index in [2.05, 4.69) is 23.0 Å². The molecule has 3 aromatic rings. The van der Waals surface area contributed by atoms with E-state index in [0.717, 1.165) is 65.4 Å². The zero-order valence-corrected chi connectivity index (χ0v) is 23.5. The van der Waals surface area contributed by atoms with Crippen LogP contribution in [0, 0.1) is 5.41 Å². The SMILES string of the molecule is C=CC(=O)N1CC=C(c2cc3c(Oc4ccc(NCC5(C=O)CCCCC5)c(Cl)c4)ccnc3cc2OC)CC1. The molecule has 2 aromatic carbocycles. The number of amides is 1. The first-order valence-corrected chi connectivity index (χ1v) is 14.1. The van der Waals surface area contributed by atoms with Crippen molar-refractivity contribution >= 4 is 46.0 Å². The summed E-state index contributed by atoms with van der Waals surface area (Å²) in [6.07, 6.45) is 12.1. The van der Waals surface area contributed by atoms with Gasteiger partial charge in [0.25, 0.3) is 0 Å². The van der Waals surface area contributed by atoms with Crippen molar-refractivity contribution < 1.29 is 19.1 Å². The van der Waals surface area contributed by atoms with E-state index in [1.807, 2.05) is 30.3 Å². The second kappa shape index (κ2) is 12.1. The number of benzene rings is 2. The number of methoxy groups -OCH3 is 1. The third kappa shape index (κ3) is 5.85. The molecule has 8 heteroatoms. The number of aromatic nitrogens is 1. The van der Waals surface area contributed by atoms with Crippen molar-refractivity contribution in [2.45, 2.75) is 38.5 Å². The molecule has 5 rings (SSSR count). The van der Waals surface area contributed by atoms with Crippen LogP contribution in [0.3, 0.4) is 0 Å². The molecule has 1 saturated carbocycles. The van der Waals surface area contributed by atoms with Crippen molar-refractivity contribution in [3.63, 3.8) is 0 Å². The molecular weight excluding hydrogens is 526 g/mol. The van der Waals surface area contributed by atoms with E-state index in [1.165, 1.54) is 12.5 Å². The summed E-state index contributed by atoms with van der Waals surface area (Å²) in [6.45, 7) is 5.29. The maximum absolute atomic E-state index is 12.0. The van der Waals surface area contributed by atoms with E-state index in [1.54, 1.807) is 24.3 Å². The summed E-state index contributed by atoms with van der Waals surface area (Å²) < 4.78 is 12.0. The Morgan fingerprint density at radius 2 is 2.00 bits per heavy atom. The minimum absolute atomic E-state index is 0.0715. The summed E-state index contributed by atoms with van der Waals surface area (Å²) >= 11 is 6.63. The molecular formula is C32H34ClN3O4. The molecule has 208 valence electrons. The smallest absolute Gasteiger partial charge is 0.246 e. The molecule has 1 aliphatic carbocycles. The fourth-order valence-corrected chi connectivity index (χ4v) is 5.83. The highest BCUT2D eigenvalue weighted by molar-refractivity contribution is 6.33. The van der Waals surface area contributed by atoms with Gasteiger partial charge in [-0.2, -0.15) is 0 Å². The van der Waals surface area contributed by atoms with Crippen LogP contribution >= 0.6 is 11.6 Å². The minimum Gasteiger partial charge on any atom is -0.496 e. The molecule has 1 amide bonds. The van der Waals surface area contributed by atoms with Crippen LogP contribution in [0.25, 0.3) is 16.5 Å². The van der Waals surface area contributed by atoms with Crippen molar-refractivity contribution in [2.75, 3.05) is 32.1 Å². The summed E-state index contributed by atoms with van der Waals surface area (Å²) in [7, 11) is 1.64. The Kier molecular flexibility index (Phi) is 8.40. The molecule has 0 spiro atoms. The number of carbonyl (C=O) groups excluding carboxylic acids is 2. The molecule has 0 bridgehead atoms. The molecule has 7 nitrogen and oxygen atoms in total. The number of nitrogens with zero attached hydrogens (tertiary/aromatic N) is 2. The zero-order valence-electron chi connectivity index (χ0n) is 22.7. The van der Waals surface area contributed by atoms with Crippen LogP contribution in [0.15, 0.2) is 61.3 Å². The van der Waals surface area contributed by atoms with Crippen molar-refractivity contribution in [3.8, 4) is 17.2 Å². The van der Waals surface area contributed by atoms with E-state index >= 15 is 0 Å². The monoisotopic (exact) mass is 559 g/mol. The number of halogens is 1. The van der Waals surface area contributed by atoms with Crippen LogP contribution in [-0.2, 0) is 9.59 Å². The predicted molar refractivity (Wildman–Crippen MR) is 159 cm³/mol. The Morgan fingerprint density at radius 1 is 1.18 bits per heavy atom. The van der Waals surface area contributed by atoms with Crippen molar-refractivity contribution in [2.24, 2.45) is 5.41 Å². The Bertz CT molecular complexity index is 1460. The number of carbonyl (C=O) groups is 2. The number of pyridine rings is 1. The summed E-state index contributed by atoms with van der Waals surface area (Å²) in [6, 6.07) is 11.3. The van der Waals surface area contributed by atoms with Gasteiger partial charge in [0.2, 0.25) is 5.91 Å². The number of fused-ring (bicyclic) bond motifs is 1. The van der Waals surface area contributed by atoms with Gasteiger partial charge in [0.05, 0.1) is 23.3 Å². The van der Waals surface area contributed by atoms with Crippen molar-refractivity contribution in [1.29, 1.82) is 0 Å². The second-order valence-electron chi connectivity index (χ2n) is 10.5. The lowest BCUT2D eigenvalue weighted by Crippen LogP contribution is -2.33. The molecule has 0 atom stereocenters. The summed E-state index contributed by atoms with van der Waals surface area (Å²) in [5.41, 5.74) is 3.25. The van der Waals surface area contributed by atoms with Crippen LogP contribution in [0.1, 0.15) is 44.1 Å². The Morgan fingerprint density at radius 3 is 2.67 bits per heavy atom. The Labute approximate surface area is 239 Å². The molecule has 1 aliphatic heterocycles. The van der Waals surface area contributed by atoms with E-state index in [9.17, 15) is 9.59 Å². The molecule has 0 unspecified atom stereocenters. The van der Waals surface area contributed by atoms with Crippen LogP contribution in [0.5, 0.6) is 17.2 Å². The average molecular weight is 560 g/mol. The van der Waals surface area contributed by atoms with E-state index in [0.29, 0.717) is 42.6 Å². The molecule has 0 saturated heterocycles. The topological polar surface area (TPSA) is 80.8 Å². The van der Waals surface area contributed by atoms with Gasteiger partial charge in [-0.05, 0) is 55.2 Å². The lowest BCUT2D eigenvalue weighted by Gasteiger charge is -2.32. The van der Waals surface area contributed by atoms with Gasteiger partial charge in [-0.25, -0.2) is 0 Å². The largest absolute Gasteiger partial charge is 0.496 e. The van der Waals surface area contributed by atoms with E-state index in [4.69, 9.17) is 21.1 Å². The van der Waals surface area contributed by atoms with Gasteiger partial charge in [-0.3, -0.25) is 9.78 Å². The highest BCUT2D eigenvalue weighted by Crippen LogP contribution is 2.39. The molecule has 0 radical (unpaired) electrons. The van der Waals surface area contributed by atoms with Crippen molar-refractivity contribution in [1.82, 2.24) is 9.88 Å². The van der Waals surface area contributed by atoms with Crippen LogP contribution < -0.4 is 14.8 Å². The molecule has 1 fully saturated rings. The van der Waals surface area contributed by atoms with Gasteiger partial charge in [0, 0.05) is 54.3 Å². The van der Waals surface area contributed by atoms with Gasteiger partial charge in [-0.15, -0.1) is 0 Å². The molecule has 2 aliphatic rings. The van der Waals surface area contributed by atoms with E-state index in [-0.39, 0.29) is 11.3 Å². The fourth-order valence-electron chi connectivity index (χ4n) is 5.59. The van der Waals surface area contributed by atoms with Crippen molar-refractivity contribution in [3.05, 3.63) is 71.9 Å². The van der Waals surface area contributed by atoms with Gasteiger partial charge >= 0.3 is 0 Å². The first-order chi connectivity index (χ1) is 19.4. The quantitative estimate of drug-likeness (QED) is 0.223. The van der Waals surface area contributed by atoms with Gasteiger partial charge in [0.15, 0.2) is 0 Å². The summed E-state index contributed by atoms with van der Waals surface area (Å²) in [4.78, 5) is 30.1. The predicted octanol–water partition coefficient (Wildman–Crippen LogP) is 7.05. The number of ether oxygens (including phenoxy) is 2. The third-order valence-corrected chi connectivity index (χ3v) is 8.28. The lowest BCUT2D eigenvalue weighted by atomic mass is 9.75. The molecule has 1 aromatic heterocycles. The van der Waals surface area contributed by atoms with E-state index < -0.39 is 0 Å². The first kappa shape index (κ1) is 27.7. The van der Waals surface area contributed by atoms with Gasteiger partial charge in [-0.1, -0.05) is 43.5 Å². The highest BCUT2D eigenvalue weighted by atomic mass is 35.5. The number of aldehydes is 1. The molecule has 2 heterocycles. The van der Waals surface area contributed by atoms with Gasteiger partial charge < -0.3 is 24.5 Å². The Balaban J connectivity index is 1.38. The first-order valence-electron chi connectivity index (χ1n) is 13.7. The average Bonchev–Trinajstić information content (AvgIpc) is 3.00. The number of hydrogen-bond donors (Lipinski definition) is 1. The van der Waals surface area contributed by atoms with Crippen LogP contribution in [0.2, 0.25) is 5.02 Å². The Hall–Kier alpha value is -3.84. The third-order valence-electron chi connectivity index (χ3n) is 7.96. The van der Waals surface area contributed by atoms with Crippen LogP contribution in [0.4, 0.5) is 5.69 Å². The number of rotatable bonds is 9. The zero-order chi connectivity index (χ0) is 28.1. The number of nitrogens with one attached hydrogen (secondary N) is 1. The second-order valence-corrected chi connectivity index (χ2v) is 10.9. The number of anilines is 1. The minimum atomic E-state index is -0.321. The highest BCUT2D eigenvalue weighted by Gasteiger charge is 2.31. The molecule has 1 N–H and O–H groups in total. The lowest BCUT2D eigenvalue weighted by molar-refractivity contribution is -0.125. The standard InChI is InChI=1S/C32H34ClN3O4/c1-3-31(38)36-15-10-22(11-16-36)24-18-25-28(19-30(24)39-2)34-14-9-29(25)40-23-7-8-27(26(33)17-23)35-20-32(21-37)12-5-4-6-13-32/h3,7-10,14,17-19,21,35H,1,4-6,11-13,15-16,20H2,2H3. The maximum atomic E-state index is 12.0. The van der Waals surface area contributed by atoms with Gasteiger partial charge in [0.1, 0.15) is 23.5 Å². The maximum Gasteiger partial charge on any atom is 0.246 e. The fraction of sp³-hybridized carbons (Fsp3) is 0.344.